The summed E-state index contributed by atoms with van der Waals surface area (Å²) in [4.78, 5) is 26.1. The molecule has 4 nitrogen and oxygen atoms in total. The van der Waals surface area contributed by atoms with Gasteiger partial charge in [0.15, 0.2) is 0 Å². The van der Waals surface area contributed by atoms with E-state index in [4.69, 9.17) is 0 Å². The van der Waals surface area contributed by atoms with Crippen LogP contribution in [0.5, 0.6) is 0 Å². The summed E-state index contributed by atoms with van der Waals surface area (Å²) in [6.07, 6.45) is 7.08. The fourth-order valence-electron chi connectivity index (χ4n) is 6.14. The minimum atomic E-state index is -0.433. The van der Waals surface area contributed by atoms with Crippen molar-refractivity contribution in [2.24, 2.45) is 29.1 Å². The van der Waals surface area contributed by atoms with Gasteiger partial charge >= 0.3 is 0 Å². The molecule has 4 aliphatic rings. The highest BCUT2D eigenvalue weighted by molar-refractivity contribution is 7.98. The number of nitrogens with one attached hydrogen (secondary N) is 2. The molecule has 4 saturated carbocycles. The van der Waals surface area contributed by atoms with Gasteiger partial charge in [-0.2, -0.15) is 23.1 Å². The van der Waals surface area contributed by atoms with Gasteiger partial charge in [-0.05, 0) is 84.6 Å². The third kappa shape index (κ3) is 4.84. The molecular weight excluding hydrogens is 400 g/mol. The lowest BCUT2D eigenvalue weighted by molar-refractivity contribution is -0.149. The summed E-state index contributed by atoms with van der Waals surface area (Å²) in [5, 5.41) is 10.5. The third-order valence-corrected chi connectivity index (χ3v) is 8.91. The highest BCUT2D eigenvalue weighted by Crippen LogP contribution is 2.60. The number of carbonyl (C=O) groups is 2. The van der Waals surface area contributed by atoms with Crippen LogP contribution in [-0.2, 0) is 15.3 Å². The van der Waals surface area contributed by atoms with E-state index in [1.165, 1.54) is 24.8 Å². The van der Waals surface area contributed by atoms with Crippen LogP contribution in [-0.4, -0.2) is 30.2 Å². The maximum absolute atomic E-state index is 13.3. The van der Waals surface area contributed by atoms with Crippen LogP contribution in [0.4, 0.5) is 0 Å². The van der Waals surface area contributed by atoms with Crippen molar-refractivity contribution < 1.29 is 9.59 Å². The van der Waals surface area contributed by atoms with Gasteiger partial charge in [-0.15, -0.1) is 0 Å². The molecule has 0 radical (unpaired) electrons. The average molecular weight is 435 g/mol. The summed E-state index contributed by atoms with van der Waals surface area (Å²) in [5.41, 5.74) is 1.15. The van der Waals surface area contributed by atoms with E-state index in [0.29, 0.717) is 6.54 Å². The Morgan fingerprint density at radius 1 is 1.17 bits per heavy atom. The molecule has 4 bridgehead atoms. The Kier molecular flexibility index (Phi) is 6.59. The van der Waals surface area contributed by atoms with Crippen LogP contribution in [0, 0.1) is 29.1 Å². The zero-order valence-electron chi connectivity index (χ0n) is 17.6. The van der Waals surface area contributed by atoms with E-state index in [-0.39, 0.29) is 23.1 Å². The average Bonchev–Trinajstić information content (AvgIpc) is 3.17. The largest absolute Gasteiger partial charge is 0.353 e. The van der Waals surface area contributed by atoms with Crippen molar-refractivity contribution in [3.63, 3.8) is 0 Å². The van der Waals surface area contributed by atoms with E-state index < -0.39 is 6.04 Å². The van der Waals surface area contributed by atoms with Gasteiger partial charge in [0.2, 0.25) is 11.8 Å². The molecule has 1 heterocycles. The number of thioether (sulfide) groups is 1. The SMILES string of the molecule is CC(C)C(NC(=O)C12CC3CC(CC(C3)C1)C2)C(=O)NCCSCc1ccsc1. The Bertz CT molecular complexity index is 681. The van der Waals surface area contributed by atoms with Crippen LogP contribution >= 0.6 is 23.1 Å². The van der Waals surface area contributed by atoms with E-state index in [9.17, 15) is 9.59 Å². The zero-order chi connectivity index (χ0) is 20.4. The predicted octanol–water partition coefficient (Wildman–Crippen LogP) is 4.45. The lowest BCUT2D eigenvalue weighted by atomic mass is 9.49. The maximum atomic E-state index is 13.3. The summed E-state index contributed by atoms with van der Waals surface area (Å²) < 4.78 is 0. The summed E-state index contributed by atoms with van der Waals surface area (Å²) in [6, 6.07) is 1.71. The fraction of sp³-hybridized carbons (Fsp3) is 0.739. The van der Waals surface area contributed by atoms with Crippen molar-refractivity contribution in [1.29, 1.82) is 0 Å². The van der Waals surface area contributed by atoms with Crippen LogP contribution in [0.2, 0.25) is 0 Å². The van der Waals surface area contributed by atoms with Gasteiger partial charge in [0, 0.05) is 23.5 Å². The Balaban J connectivity index is 1.27. The molecule has 1 aromatic heterocycles. The van der Waals surface area contributed by atoms with Gasteiger partial charge in [-0.3, -0.25) is 9.59 Å². The summed E-state index contributed by atoms with van der Waals surface area (Å²) in [6.45, 7) is 4.69. The van der Waals surface area contributed by atoms with E-state index in [1.807, 2.05) is 25.6 Å². The van der Waals surface area contributed by atoms with Crippen LogP contribution in [0.25, 0.3) is 0 Å². The first-order valence-corrected chi connectivity index (χ1v) is 13.2. The Labute approximate surface area is 183 Å². The molecule has 0 spiro atoms. The summed E-state index contributed by atoms with van der Waals surface area (Å²) in [7, 11) is 0. The molecule has 1 atom stereocenters. The zero-order valence-corrected chi connectivity index (χ0v) is 19.2. The number of rotatable bonds is 9. The van der Waals surface area contributed by atoms with Gasteiger partial charge in [-0.1, -0.05) is 13.8 Å². The monoisotopic (exact) mass is 434 g/mol. The minimum absolute atomic E-state index is 0.0331. The molecule has 4 aliphatic carbocycles. The highest BCUT2D eigenvalue weighted by Gasteiger charge is 2.55. The molecular formula is C23H34N2O2S2. The Morgan fingerprint density at radius 2 is 1.83 bits per heavy atom. The number of carbonyl (C=O) groups excluding carboxylic acids is 2. The van der Waals surface area contributed by atoms with Crippen molar-refractivity contribution in [3.05, 3.63) is 22.4 Å². The normalized spacial score (nSPS) is 31.1. The van der Waals surface area contributed by atoms with Gasteiger partial charge in [0.05, 0.1) is 0 Å². The molecule has 1 unspecified atom stereocenters. The van der Waals surface area contributed by atoms with Crippen LogP contribution in [0.3, 0.4) is 0 Å². The predicted molar refractivity (Wildman–Crippen MR) is 121 cm³/mol. The number of hydrogen-bond acceptors (Lipinski definition) is 4. The lowest BCUT2D eigenvalue weighted by Gasteiger charge is -2.55. The van der Waals surface area contributed by atoms with Crippen LogP contribution < -0.4 is 10.6 Å². The molecule has 2 N–H and O–H groups in total. The third-order valence-electron chi connectivity index (χ3n) is 7.15. The topological polar surface area (TPSA) is 58.2 Å². The first-order valence-electron chi connectivity index (χ1n) is 11.1. The fourth-order valence-corrected chi connectivity index (χ4v) is 7.72. The molecule has 6 heteroatoms. The molecule has 2 amide bonds. The molecule has 0 saturated heterocycles. The number of hydrogen-bond donors (Lipinski definition) is 2. The lowest BCUT2D eigenvalue weighted by Crippen LogP contribution is -2.58. The van der Waals surface area contributed by atoms with Gasteiger partial charge in [0.1, 0.15) is 6.04 Å². The van der Waals surface area contributed by atoms with Crippen molar-refractivity contribution in [3.8, 4) is 0 Å². The Morgan fingerprint density at radius 3 is 2.38 bits per heavy atom. The number of amides is 2. The minimum Gasteiger partial charge on any atom is -0.353 e. The Hall–Kier alpha value is -1.01. The van der Waals surface area contributed by atoms with Crippen molar-refractivity contribution in [1.82, 2.24) is 10.6 Å². The molecule has 4 fully saturated rings. The molecule has 1 aromatic rings. The van der Waals surface area contributed by atoms with Gasteiger partial charge in [-0.25, -0.2) is 0 Å². The second-order valence-corrected chi connectivity index (χ2v) is 11.8. The standard InChI is InChI=1S/C23H34N2O2S2/c1-15(2)20(21(26)24-4-6-29-14-16-3-5-28-13-16)25-22(27)23-10-17-7-18(11-23)9-19(8-17)12-23/h3,5,13,15,17-20H,4,6-12,14H2,1-2H3,(H,24,26)(H,25,27). The van der Waals surface area contributed by atoms with E-state index >= 15 is 0 Å². The first-order chi connectivity index (χ1) is 13.9. The van der Waals surface area contributed by atoms with E-state index in [2.05, 4.69) is 27.5 Å². The maximum Gasteiger partial charge on any atom is 0.242 e. The van der Waals surface area contributed by atoms with Crippen molar-refractivity contribution >= 4 is 34.9 Å². The van der Waals surface area contributed by atoms with Crippen LogP contribution in [0.15, 0.2) is 16.8 Å². The molecule has 29 heavy (non-hydrogen) atoms. The molecule has 5 rings (SSSR count). The smallest absolute Gasteiger partial charge is 0.242 e. The van der Waals surface area contributed by atoms with Crippen molar-refractivity contribution in [2.45, 2.75) is 64.2 Å². The van der Waals surface area contributed by atoms with Crippen molar-refractivity contribution in [2.75, 3.05) is 12.3 Å². The second-order valence-electron chi connectivity index (χ2n) is 9.87. The van der Waals surface area contributed by atoms with E-state index in [1.54, 1.807) is 11.3 Å². The van der Waals surface area contributed by atoms with Crippen LogP contribution in [0.1, 0.15) is 57.9 Å². The molecule has 0 aromatic carbocycles. The highest BCUT2D eigenvalue weighted by atomic mass is 32.2. The number of thiophene rings is 1. The first kappa shape index (κ1) is 21.2. The molecule has 160 valence electrons. The van der Waals surface area contributed by atoms with Gasteiger partial charge in [0.25, 0.3) is 0 Å². The van der Waals surface area contributed by atoms with E-state index in [0.717, 1.165) is 48.5 Å². The second kappa shape index (κ2) is 9.01. The molecule has 0 aliphatic heterocycles. The van der Waals surface area contributed by atoms with Gasteiger partial charge < -0.3 is 10.6 Å². The summed E-state index contributed by atoms with van der Waals surface area (Å²) in [5.74, 6) is 4.28. The summed E-state index contributed by atoms with van der Waals surface area (Å²) >= 11 is 3.55. The quantitative estimate of drug-likeness (QED) is 0.564.